The number of nitrogens with zero attached hydrogens (tertiary/aromatic N) is 5. The number of piperidine rings is 1. The lowest BCUT2D eigenvalue weighted by atomic mass is 9.94. The number of aromatic amines is 1. The second kappa shape index (κ2) is 6.64. The van der Waals surface area contributed by atoms with Gasteiger partial charge in [0.15, 0.2) is 6.19 Å². The van der Waals surface area contributed by atoms with Crippen molar-refractivity contribution in [2.24, 2.45) is 0 Å². The van der Waals surface area contributed by atoms with Gasteiger partial charge in [0, 0.05) is 35.5 Å². The number of carbonyl (C=O) groups is 1. The zero-order valence-electron chi connectivity index (χ0n) is 14.3. The number of likely N-dealkylation sites (tertiary alicyclic amines) is 1. The van der Waals surface area contributed by atoms with E-state index in [9.17, 15) is 9.18 Å². The highest BCUT2D eigenvalue weighted by molar-refractivity contribution is 5.96. The number of rotatable bonds is 3. The lowest BCUT2D eigenvalue weighted by molar-refractivity contribution is -0.130. The first kappa shape index (κ1) is 16.9. The molecule has 136 valence electrons. The molecule has 1 fully saturated rings. The largest absolute Gasteiger partial charge is 0.307 e. The summed E-state index contributed by atoms with van der Waals surface area (Å²) in [5.41, 5.74) is 0.352. The Morgan fingerprint density at radius 2 is 2.15 bits per heavy atom. The van der Waals surface area contributed by atoms with Crippen molar-refractivity contribution in [1.29, 1.82) is 5.26 Å². The third-order valence-electron chi connectivity index (χ3n) is 4.66. The average Bonchev–Trinajstić information content (AvgIpc) is 3.17. The topological polar surface area (TPSA) is 111 Å². The van der Waals surface area contributed by atoms with Crippen LogP contribution in [0.3, 0.4) is 0 Å². The van der Waals surface area contributed by atoms with E-state index in [1.807, 2.05) is 24.4 Å². The number of alkyl halides is 1. The van der Waals surface area contributed by atoms with Gasteiger partial charge in [-0.15, -0.1) is 0 Å². The molecule has 0 bridgehead atoms. The Kier molecular flexibility index (Phi) is 4.16. The summed E-state index contributed by atoms with van der Waals surface area (Å²) in [7, 11) is 0. The number of H-pyrrole nitrogens is 1. The molecule has 0 radical (unpaired) electrons. The van der Waals surface area contributed by atoms with E-state index >= 15 is 0 Å². The summed E-state index contributed by atoms with van der Waals surface area (Å²) < 4.78 is 14.9. The van der Waals surface area contributed by atoms with E-state index < -0.39 is 11.6 Å². The Balaban J connectivity index is 1.52. The highest BCUT2D eigenvalue weighted by Crippen LogP contribution is 2.28. The molecule has 4 rings (SSSR count). The van der Waals surface area contributed by atoms with Crippen molar-refractivity contribution in [3.63, 3.8) is 0 Å². The zero-order chi connectivity index (χ0) is 18.9. The average molecular weight is 365 g/mol. The molecule has 2 aromatic heterocycles. The number of amides is 1. The van der Waals surface area contributed by atoms with Crippen molar-refractivity contribution in [2.75, 3.05) is 18.4 Å². The third kappa shape index (κ3) is 3.17. The molecule has 1 aromatic carbocycles. The number of benzene rings is 1. The van der Waals surface area contributed by atoms with Gasteiger partial charge in [-0.05, 0) is 12.8 Å². The number of fused-ring (bicyclic) bond motifs is 1. The van der Waals surface area contributed by atoms with Gasteiger partial charge in [0.05, 0.1) is 18.3 Å². The number of aromatic nitrogens is 4. The summed E-state index contributed by atoms with van der Waals surface area (Å²) in [6.45, 7) is 0.203. The van der Waals surface area contributed by atoms with E-state index in [2.05, 4.69) is 25.5 Å². The lowest BCUT2D eigenvalue weighted by Gasteiger charge is -2.32. The summed E-state index contributed by atoms with van der Waals surface area (Å²) in [6, 6.07) is 5.75. The smallest absolute Gasteiger partial charge is 0.266 e. The van der Waals surface area contributed by atoms with Gasteiger partial charge in [-0.1, -0.05) is 18.2 Å². The van der Waals surface area contributed by atoms with Crippen LogP contribution in [0.5, 0.6) is 0 Å². The maximum Gasteiger partial charge on any atom is 0.266 e. The minimum Gasteiger partial charge on any atom is -0.307 e. The standard InChI is InChI=1S/C18H16FN7O/c19-18(5-2-6-26(10-18)11-20)16(27)24-17-21-7-13(8-22-17)14-4-1-3-12-9-23-25-15(12)14/h1,3-4,7-9H,2,5-6,10H2,(H,23,25)(H,21,22,24,27)/t18-/m1/s1. The molecule has 1 aliphatic rings. The summed E-state index contributed by atoms with van der Waals surface area (Å²) in [5, 5.41) is 19.3. The minimum absolute atomic E-state index is 0.0200. The van der Waals surface area contributed by atoms with Gasteiger partial charge in [0.25, 0.3) is 5.91 Å². The van der Waals surface area contributed by atoms with Crippen molar-refractivity contribution >= 4 is 22.8 Å². The lowest BCUT2D eigenvalue weighted by Crippen LogP contribution is -2.51. The predicted octanol–water partition coefficient (Wildman–Crippen LogP) is 2.24. The van der Waals surface area contributed by atoms with Crippen molar-refractivity contribution in [3.05, 3.63) is 36.8 Å². The molecule has 1 atom stereocenters. The highest BCUT2D eigenvalue weighted by Gasteiger charge is 2.43. The van der Waals surface area contributed by atoms with Gasteiger partial charge >= 0.3 is 0 Å². The monoisotopic (exact) mass is 365 g/mol. The molecule has 9 heteroatoms. The first-order valence-corrected chi connectivity index (χ1v) is 8.49. The Labute approximate surface area is 154 Å². The van der Waals surface area contributed by atoms with Crippen LogP contribution in [-0.4, -0.2) is 49.7 Å². The number of hydrogen-bond donors (Lipinski definition) is 2. The normalized spacial score (nSPS) is 19.6. The molecule has 3 heterocycles. The number of hydrogen-bond acceptors (Lipinski definition) is 6. The molecule has 1 amide bonds. The predicted molar refractivity (Wildman–Crippen MR) is 96.0 cm³/mol. The van der Waals surface area contributed by atoms with Crippen LogP contribution in [0.4, 0.5) is 10.3 Å². The van der Waals surface area contributed by atoms with Crippen LogP contribution in [0.15, 0.2) is 36.8 Å². The van der Waals surface area contributed by atoms with Crippen LogP contribution in [0.25, 0.3) is 22.0 Å². The third-order valence-corrected chi connectivity index (χ3v) is 4.66. The molecular formula is C18H16FN7O. The maximum absolute atomic E-state index is 14.9. The number of carbonyl (C=O) groups excluding carboxylic acids is 1. The van der Waals surface area contributed by atoms with Gasteiger partial charge in [-0.2, -0.15) is 10.4 Å². The van der Waals surface area contributed by atoms with E-state index in [4.69, 9.17) is 5.26 Å². The number of anilines is 1. The van der Waals surface area contributed by atoms with E-state index in [0.29, 0.717) is 13.0 Å². The molecule has 27 heavy (non-hydrogen) atoms. The molecule has 8 nitrogen and oxygen atoms in total. The van der Waals surface area contributed by atoms with E-state index in [-0.39, 0.29) is 18.9 Å². The molecule has 0 unspecified atom stereocenters. The summed E-state index contributed by atoms with van der Waals surface area (Å²) in [6.07, 6.45) is 7.24. The number of halogens is 1. The molecule has 0 spiro atoms. The van der Waals surface area contributed by atoms with Crippen LogP contribution in [-0.2, 0) is 4.79 Å². The van der Waals surface area contributed by atoms with E-state index in [0.717, 1.165) is 22.0 Å². The number of nitrogens with one attached hydrogen (secondary N) is 2. The fraction of sp³-hybridized carbons (Fsp3) is 0.278. The second-order valence-corrected chi connectivity index (χ2v) is 6.48. The SMILES string of the molecule is N#CN1CCC[C@](F)(C(=O)Nc2ncc(-c3cccc4cn[nH]c34)cn2)C1. The van der Waals surface area contributed by atoms with Gasteiger partial charge in [-0.3, -0.25) is 15.2 Å². The fourth-order valence-corrected chi connectivity index (χ4v) is 3.24. The van der Waals surface area contributed by atoms with E-state index in [1.165, 1.54) is 4.90 Å². The summed E-state index contributed by atoms with van der Waals surface area (Å²) in [4.78, 5) is 21.8. The molecule has 1 aliphatic heterocycles. The molecule has 1 saturated heterocycles. The fourth-order valence-electron chi connectivity index (χ4n) is 3.24. The van der Waals surface area contributed by atoms with Gasteiger partial charge in [0.2, 0.25) is 11.6 Å². The van der Waals surface area contributed by atoms with Crippen molar-refractivity contribution in [1.82, 2.24) is 25.1 Å². The minimum atomic E-state index is -2.13. The molecule has 2 N–H and O–H groups in total. The summed E-state index contributed by atoms with van der Waals surface area (Å²) in [5.74, 6) is -0.808. The number of para-hydroxylation sites is 1. The van der Waals surface area contributed by atoms with Crippen LogP contribution in [0.1, 0.15) is 12.8 Å². The molecule has 0 saturated carbocycles. The Bertz CT molecular complexity index is 1030. The van der Waals surface area contributed by atoms with Crippen LogP contribution in [0.2, 0.25) is 0 Å². The Hall–Kier alpha value is -3.54. The van der Waals surface area contributed by atoms with Crippen molar-refractivity contribution in [3.8, 4) is 17.3 Å². The van der Waals surface area contributed by atoms with Crippen LogP contribution in [0, 0.1) is 11.5 Å². The number of nitriles is 1. The first-order valence-electron chi connectivity index (χ1n) is 8.49. The van der Waals surface area contributed by atoms with Gasteiger partial charge in [-0.25, -0.2) is 14.4 Å². The Morgan fingerprint density at radius 3 is 2.93 bits per heavy atom. The van der Waals surface area contributed by atoms with Gasteiger partial charge in [0.1, 0.15) is 0 Å². The molecule has 3 aromatic rings. The molecule has 0 aliphatic carbocycles. The van der Waals surface area contributed by atoms with Crippen LogP contribution < -0.4 is 5.32 Å². The van der Waals surface area contributed by atoms with Crippen molar-refractivity contribution in [2.45, 2.75) is 18.5 Å². The van der Waals surface area contributed by atoms with Crippen molar-refractivity contribution < 1.29 is 9.18 Å². The van der Waals surface area contributed by atoms with Gasteiger partial charge < -0.3 is 4.90 Å². The molecular weight excluding hydrogens is 349 g/mol. The quantitative estimate of drug-likeness (QED) is 0.689. The summed E-state index contributed by atoms with van der Waals surface area (Å²) >= 11 is 0. The van der Waals surface area contributed by atoms with E-state index in [1.54, 1.807) is 18.6 Å². The second-order valence-electron chi connectivity index (χ2n) is 6.48. The maximum atomic E-state index is 14.9. The Morgan fingerprint density at radius 1 is 1.33 bits per heavy atom. The highest BCUT2D eigenvalue weighted by atomic mass is 19.1. The van der Waals surface area contributed by atoms with Crippen LogP contribution >= 0.6 is 0 Å². The first-order chi connectivity index (χ1) is 13.1. The zero-order valence-corrected chi connectivity index (χ0v) is 14.3.